The molecule has 1 saturated heterocycles. The van der Waals surface area contributed by atoms with Gasteiger partial charge in [-0.05, 0) is 0 Å². The van der Waals surface area contributed by atoms with Crippen LogP contribution in [0, 0.1) is 0 Å². The largest absolute Gasteiger partial charge is 0.368 e. The van der Waals surface area contributed by atoms with E-state index < -0.39 is 15.2 Å². The van der Waals surface area contributed by atoms with Crippen LogP contribution in [0.4, 0.5) is 11.8 Å². The van der Waals surface area contributed by atoms with Crippen LogP contribution in [-0.4, -0.2) is 48.1 Å². The Labute approximate surface area is 115 Å². The van der Waals surface area contributed by atoms with Gasteiger partial charge < -0.3 is 10.6 Å². The third-order valence-corrected chi connectivity index (χ3v) is 5.50. The van der Waals surface area contributed by atoms with E-state index in [2.05, 4.69) is 9.97 Å². The molecule has 0 bridgehead atoms. The molecule has 1 aliphatic heterocycles. The summed E-state index contributed by atoms with van der Waals surface area (Å²) in [5.74, 6) is 1.80. The van der Waals surface area contributed by atoms with Crippen LogP contribution in [0.5, 0.6) is 0 Å². The Hall–Kier alpha value is -0.730. The first kappa shape index (κ1) is 13.7. The minimum Gasteiger partial charge on any atom is -0.368 e. The molecule has 2 N–H and O–H groups in total. The lowest BCUT2D eigenvalue weighted by Gasteiger charge is -2.35. The van der Waals surface area contributed by atoms with Crippen LogP contribution < -0.4 is 10.6 Å². The first-order valence-corrected chi connectivity index (χ1v) is 8.69. The maximum atomic E-state index is 11.8. The number of thioether (sulfide) groups is 1. The summed E-state index contributed by atoms with van der Waals surface area (Å²) in [7, 11) is -3.21. The van der Waals surface area contributed by atoms with E-state index >= 15 is 0 Å². The summed E-state index contributed by atoms with van der Waals surface area (Å²) < 4.78 is 23.6. The number of hydrogen-bond donors (Lipinski definition) is 1. The monoisotopic (exact) mass is 308 g/mol. The van der Waals surface area contributed by atoms with E-state index in [1.165, 1.54) is 12.5 Å². The number of hydrogen-bond acceptors (Lipinski definition) is 7. The fourth-order valence-electron chi connectivity index (χ4n) is 1.75. The van der Waals surface area contributed by atoms with E-state index in [0.717, 1.165) is 5.75 Å². The van der Waals surface area contributed by atoms with Gasteiger partial charge in [-0.25, -0.2) is 13.4 Å². The summed E-state index contributed by atoms with van der Waals surface area (Å²) in [6.45, 7) is 0.568. The van der Waals surface area contributed by atoms with Crippen molar-refractivity contribution in [1.29, 1.82) is 0 Å². The fourth-order valence-corrected chi connectivity index (χ4v) is 4.77. The Balaban J connectivity index is 2.43. The molecule has 1 atom stereocenters. The molecule has 0 aromatic carbocycles. The zero-order valence-electron chi connectivity index (χ0n) is 9.71. The molecule has 1 unspecified atom stereocenters. The summed E-state index contributed by atoms with van der Waals surface area (Å²) >= 11 is 7.62. The first-order valence-electron chi connectivity index (χ1n) is 5.21. The Kier molecular flexibility index (Phi) is 3.88. The molecule has 9 heteroatoms. The van der Waals surface area contributed by atoms with Crippen LogP contribution in [0.2, 0.25) is 5.02 Å². The van der Waals surface area contributed by atoms with Crippen molar-refractivity contribution in [3.8, 4) is 0 Å². The van der Waals surface area contributed by atoms with Gasteiger partial charge in [-0.3, -0.25) is 0 Å². The third-order valence-electron chi connectivity index (χ3n) is 2.60. The van der Waals surface area contributed by atoms with Crippen molar-refractivity contribution in [2.75, 3.05) is 34.9 Å². The Morgan fingerprint density at radius 1 is 1.61 bits per heavy atom. The number of nitrogen functional groups attached to an aromatic ring is 1. The van der Waals surface area contributed by atoms with Gasteiger partial charge in [-0.15, -0.1) is 0 Å². The molecule has 0 spiro atoms. The van der Waals surface area contributed by atoms with Crippen LogP contribution in [0.1, 0.15) is 0 Å². The zero-order valence-corrected chi connectivity index (χ0v) is 12.1. The highest BCUT2D eigenvalue weighted by Gasteiger charge is 2.33. The maximum absolute atomic E-state index is 11.8. The average molecular weight is 309 g/mol. The van der Waals surface area contributed by atoms with Crippen molar-refractivity contribution in [3.63, 3.8) is 0 Å². The second-order valence-corrected chi connectivity index (χ2v) is 7.71. The SMILES string of the molecule is CS(=O)(=O)C1CSCCN1c1nc(N)ncc1Cl. The molecule has 0 amide bonds. The predicted molar refractivity (Wildman–Crippen MR) is 74.8 cm³/mol. The van der Waals surface area contributed by atoms with Gasteiger partial charge in [-0.1, -0.05) is 11.6 Å². The molecular weight excluding hydrogens is 296 g/mol. The molecule has 1 aromatic heterocycles. The van der Waals surface area contributed by atoms with E-state index in [-0.39, 0.29) is 5.95 Å². The highest BCUT2D eigenvalue weighted by atomic mass is 35.5. The van der Waals surface area contributed by atoms with Crippen molar-refractivity contribution in [3.05, 3.63) is 11.2 Å². The lowest BCUT2D eigenvalue weighted by molar-refractivity contribution is 0.583. The van der Waals surface area contributed by atoms with Crippen LogP contribution in [0.25, 0.3) is 0 Å². The normalized spacial score (nSPS) is 21.0. The lowest BCUT2D eigenvalue weighted by atomic mass is 10.4. The smallest absolute Gasteiger partial charge is 0.222 e. The van der Waals surface area contributed by atoms with Crippen LogP contribution in [-0.2, 0) is 9.84 Å². The van der Waals surface area contributed by atoms with E-state index in [9.17, 15) is 8.42 Å². The number of nitrogens with two attached hydrogens (primary N) is 1. The van der Waals surface area contributed by atoms with Crippen LogP contribution >= 0.6 is 23.4 Å². The second-order valence-electron chi connectivity index (χ2n) is 3.95. The molecule has 1 aromatic rings. The number of nitrogens with zero attached hydrogens (tertiary/aromatic N) is 3. The molecule has 1 fully saturated rings. The van der Waals surface area contributed by atoms with Crippen molar-refractivity contribution in [2.45, 2.75) is 5.37 Å². The quantitative estimate of drug-likeness (QED) is 0.857. The summed E-state index contributed by atoms with van der Waals surface area (Å²) in [5.41, 5.74) is 5.53. The standard InChI is InChI=1S/C9H13ClN4O2S2/c1-18(15,16)7-5-17-3-2-14(7)8-6(10)4-12-9(11)13-8/h4,7H,2-3,5H2,1H3,(H2,11,12,13). The average Bonchev–Trinajstić information content (AvgIpc) is 2.31. The zero-order chi connectivity index (χ0) is 13.3. The molecule has 2 heterocycles. The van der Waals surface area contributed by atoms with E-state index in [4.69, 9.17) is 17.3 Å². The van der Waals surface area contributed by atoms with Gasteiger partial charge in [0.1, 0.15) is 10.4 Å². The van der Waals surface area contributed by atoms with Gasteiger partial charge in [0, 0.05) is 24.3 Å². The number of halogens is 1. The molecule has 100 valence electrons. The van der Waals surface area contributed by atoms with Gasteiger partial charge in [0.15, 0.2) is 15.7 Å². The summed E-state index contributed by atoms with van der Waals surface area (Å²) in [6, 6.07) is 0. The van der Waals surface area contributed by atoms with Crippen LogP contribution in [0.3, 0.4) is 0 Å². The number of aromatic nitrogens is 2. The molecular formula is C9H13ClN4O2S2. The second kappa shape index (κ2) is 5.10. The van der Waals surface area contributed by atoms with E-state index in [0.29, 0.717) is 23.1 Å². The third kappa shape index (κ3) is 2.81. The van der Waals surface area contributed by atoms with Gasteiger partial charge in [-0.2, -0.15) is 16.7 Å². The molecule has 0 saturated carbocycles. The first-order chi connectivity index (χ1) is 8.39. The van der Waals surface area contributed by atoms with Gasteiger partial charge in [0.25, 0.3) is 0 Å². The summed E-state index contributed by atoms with van der Waals surface area (Å²) in [5, 5.41) is -0.312. The highest BCUT2D eigenvalue weighted by molar-refractivity contribution is 8.01. The molecule has 6 nitrogen and oxygen atoms in total. The topological polar surface area (TPSA) is 89.2 Å². The highest BCUT2D eigenvalue weighted by Crippen LogP contribution is 2.30. The van der Waals surface area contributed by atoms with Crippen molar-refractivity contribution in [1.82, 2.24) is 9.97 Å². The number of sulfone groups is 1. The van der Waals surface area contributed by atoms with Crippen molar-refractivity contribution < 1.29 is 8.42 Å². The lowest BCUT2D eigenvalue weighted by Crippen LogP contribution is -2.47. The van der Waals surface area contributed by atoms with Gasteiger partial charge >= 0.3 is 0 Å². The molecule has 2 rings (SSSR count). The van der Waals surface area contributed by atoms with E-state index in [1.54, 1.807) is 16.7 Å². The Bertz CT molecular complexity index is 551. The predicted octanol–water partition coefficient (Wildman–Crippen LogP) is 0.636. The minimum atomic E-state index is -3.21. The maximum Gasteiger partial charge on any atom is 0.222 e. The molecule has 1 aliphatic rings. The molecule has 18 heavy (non-hydrogen) atoms. The van der Waals surface area contributed by atoms with Crippen LogP contribution in [0.15, 0.2) is 6.20 Å². The summed E-state index contributed by atoms with van der Waals surface area (Å²) in [4.78, 5) is 9.51. The Morgan fingerprint density at radius 3 is 3.00 bits per heavy atom. The van der Waals surface area contributed by atoms with E-state index in [1.807, 2.05) is 0 Å². The molecule has 0 radical (unpaired) electrons. The van der Waals surface area contributed by atoms with Gasteiger partial charge in [0.2, 0.25) is 5.95 Å². The Morgan fingerprint density at radius 2 is 2.33 bits per heavy atom. The minimum absolute atomic E-state index is 0.0832. The molecule has 0 aliphatic carbocycles. The van der Waals surface area contributed by atoms with Gasteiger partial charge in [0.05, 0.1) is 6.20 Å². The van der Waals surface area contributed by atoms with Crippen molar-refractivity contribution in [2.24, 2.45) is 0 Å². The number of rotatable bonds is 2. The number of anilines is 2. The summed E-state index contributed by atoms with van der Waals surface area (Å²) in [6.07, 6.45) is 2.61. The van der Waals surface area contributed by atoms with Crippen molar-refractivity contribution >= 4 is 45.0 Å². The fraction of sp³-hybridized carbons (Fsp3) is 0.556.